The molecule has 26 heavy (non-hydrogen) atoms. The first-order chi connectivity index (χ1) is 12.6. The van der Waals surface area contributed by atoms with Crippen molar-refractivity contribution in [3.8, 4) is 17.2 Å². The minimum atomic E-state index is -0.547. The summed E-state index contributed by atoms with van der Waals surface area (Å²) >= 11 is 0. The molecule has 1 amide bonds. The maximum atomic E-state index is 11.9. The smallest absolute Gasteiger partial charge is 0.310 e. The van der Waals surface area contributed by atoms with Gasteiger partial charge in [0.15, 0.2) is 23.9 Å². The number of nitrogens with one attached hydrogen (secondary N) is 1. The Morgan fingerprint density at radius 1 is 1.15 bits per heavy atom. The lowest BCUT2D eigenvalue weighted by atomic mass is 10.1. The average Bonchev–Trinajstić information content (AvgIpc) is 2.66. The summed E-state index contributed by atoms with van der Waals surface area (Å²) < 4.78 is 16.2. The van der Waals surface area contributed by atoms with Gasteiger partial charge in [0.2, 0.25) is 0 Å². The van der Waals surface area contributed by atoms with Gasteiger partial charge >= 0.3 is 5.69 Å². The van der Waals surface area contributed by atoms with Crippen LogP contribution in [0.2, 0.25) is 0 Å². The van der Waals surface area contributed by atoms with Gasteiger partial charge in [0.25, 0.3) is 5.91 Å². The monoisotopic (exact) mass is 358 g/mol. The molecular formula is C18H18N2O6. The van der Waals surface area contributed by atoms with Crippen molar-refractivity contribution in [3.05, 3.63) is 58.1 Å². The maximum absolute atomic E-state index is 11.9. The fraction of sp³-hybridized carbons (Fsp3) is 0.278. The number of benzene rings is 2. The van der Waals surface area contributed by atoms with E-state index in [2.05, 4.69) is 5.32 Å². The van der Waals surface area contributed by atoms with Crippen molar-refractivity contribution in [1.82, 2.24) is 5.32 Å². The Kier molecular flexibility index (Phi) is 5.52. The molecule has 0 atom stereocenters. The number of fused-ring (bicyclic) bond motifs is 1. The third-order valence-electron chi connectivity index (χ3n) is 3.76. The topological polar surface area (TPSA) is 99.9 Å². The Labute approximate surface area is 149 Å². The third-order valence-corrected chi connectivity index (χ3v) is 3.76. The zero-order valence-corrected chi connectivity index (χ0v) is 14.0. The van der Waals surface area contributed by atoms with E-state index in [0.717, 1.165) is 11.3 Å². The molecule has 0 aliphatic carbocycles. The van der Waals surface area contributed by atoms with Gasteiger partial charge in [-0.3, -0.25) is 14.9 Å². The van der Waals surface area contributed by atoms with Crippen molar-refractivity contribution >= 4 is 11.6 Å². The maximum Gasteiger partial charge on any atom is 0.310 e. The molecule has 0 aromatic heterocycles. The van der Waals surface area contributed by atoms with Crippen LogP contribution in [0, 0.1) is 10.1 Å². The van der Waals surface area contributed by atoms with E-state index in [0.29, 0.717) is 31.9 Å². The Balaban J connectivity index is 1.45. The number of ether oxygens (including phenoxy) is 3. The molecule has 0 unspecified atom stereocenters. The SMILES string of the molecule is O=C(COc1ccccc1[N+](=O)[O-])NCCc1ccc2c(c1)OCCO2. The van der Waals surface area contributed by atoms with Crippen molar-refractivity contribution in [1.29, 1.82) is 0 Å². The van der Waals surface area contributed by atoms with Gasteiger partial charge in [0.1, 0.15) is 13.2 Å². The number of hydrogen-bond acceptors (Lipinski definition) is 6. The lowest BCUT2D eigenvalue weighted by Gasteiger charge is -2.18. The zero-order valence-electron chi connectivity index (χ0n) is 14.0. The normalized spacial score (nSPS) is 12.3. The lowest BCUT2D eigenvalue weighted by molar-refractivity contribution is -0.385. The average molecular weight is 358 g/mol. The summed E-state index contributed by atoms with van der Waals surface area (Å²) in [5.41, 5.74) is 0.839. The molecule has 1 heterocycles. The summed E-state index contributed by atoms with van der Waals surface area (Å²) in [5.74, 6) is 1.15. The summed E-state index contributed by atoms with van der Waals surface area (Å²) in [4.78, 5) is 22.2. The van der Waals surface area contributed by atoms with Crippen molar-refractivity contribution in [3.63, 3.8) is 0 Å². The number of para-hydroxylation sites is 2. The quantitative estimate of drug-likeness (QED) is 0.601. The molecule has 0 saturated heterocycles. The lowest BCUT2D eigenvalue weighted by Crippen LogP contribution is -2.30. The predicted octanol–water partition coefficient (Wildman–Crippen LogP) is 2.10. The van der Waals surface area contributed by atoms with Crippen LogP contribution in [0.5, 0.6) is 17.2 Å². The summed E-state index contributed by atoms with van der Waals surface area (Å²) in [6.07, 6.45) is 0.619. The molecule has 2 aromatic rings. The number of rotatable bonds is 7. The van der Waals surface area contributed by atoms with Gasteiger partial charge in [-0.1, -0.05) is 18.2 Å². The summed E-state index contributed by atoms with van der Waals surface area (Å²) in [7, 11) is 0. The number of carbonyl (C=O) groups excluding carboxylic acids is 1. The Morgan fingerprint density at radius 2 is 1.92 bits per heavy atom. The molecule has 8 heteroatoms. The van der Waals surface area contributed by atoms with Crippen LogP contribution in [-0.2, 0) is 11.2 Å². The van der Waals surface area contributed by atoms with Gasteiger partial charge in [0, 0.05) is 12.6 Å². The fourth-order valence-corrected chi connectivity index (χ4v) is 2.51. The summed E-state index contributed by atoms with van der Waals surface area (Å²) in [5, 5.41) is 13.6. The van der Waals surface area contributed by atoms with Gasteiger partial charge in [-0.2, -0.15) is 0 Å². The molecule has 0 saturated carbocycles. The van der Waals surface area contributed by atoms with E-state index in [9.17, 15) is 14.9 Å². The number of hydrogen-bond donors (Lipinski definition) is 1. The predicted molar refractivity (Wildman–Crippen MR) is 92.7 cm³/mol. The molecule has 1 aliphatic rings. The molecule has 2 aromatic carbocycles. The van der Waals surface area contributed by atoms with Crippen molar-refractivity contribution in [2.24, 2.45) is 0 Å². The summed E-state index contributed by atoms with van der Waals surface area (Å²) in [6.45, 7) is 1.20. The zero-order chi connectivity index (χ0) is 18.4. The largest absolute Gasteiger partial charge is 0.486 e. The van der Waals surface area contributed by atoms with E-state index in [-0.39, 0.29) is 24.0 Å². The van der Waals surface area contributed by atoms with E-state index < -0.39 is 4.92 Å². The van der Waals surface area contributed by atoms with Crippen LogP contribution in [0.25, 0.3) is 0 Å². The second kappa shape index (κ2) is 8.19. The van der Waals surface area contributed by atoms with Crippen LogP contribution in [0.1, 0.15) is 5.56 Å². The molecule has 1 N–H and O–H groups in total. The van der Waals surface area contributed by atoms with Gasteiger partial charge < -0.3 is 19.5 Å². The molecular weight excluding hydrogens is 340 g/mol. The van der Waals surface area contributed by atoms with Gasteiger partial charge in [0.05, 0.1) is 4.92 Å². The van der Waals surface area contributed by atoms with E-state index in [1.807, 2.05) is 18.2 Å². The molecule has 3 rings (SSSR count). The van der Waals surface area contributed by atoms with Crippen LogP contribution in [0.4, 0.5) is 5.69 Å². The highest BCUT2D eigenvalue weighted by molar-refractivity contribution is 5.77. The first kappa shape index (κ1) is 17.5. The highest BCUT2D eigenvalue weighted by Gasteiger charge is 2.15. The summed E-state index contributed by atoms with van der Waals surface area (Å²) in [6, 6.07) is 11.6. The first-order valence-electron chi connectivity index (χ1n) is 8.15. The number of nitro benzene ring substituents is 1. The second-order valence-electron chi connectivity index (χ2n) is 5.59. The molecule has 1 aliphatic heterocycles. The third kappa shape index (κ3) is 4.41. The molecule has 136 valence electrons. The van der Waals surface area contributed by atoms with Crippen LogP contribution >= 0.6 is 0 Å². The van der Waals surface area contributed by atoms with Crippen LogP contribution in [0.15, 0.2) is 42.5 Å². The Morgan fingerprint density at radius 3 is 2.73 bits per heavy atom. The molecule has 0 radical (unpaired) electrons. The molecule has 8 nitrogen and oxygen atoms in total. The van der Waals surface area contributed by atoms with Crippen molar-refractivity contribution in [2.75, 3.05) is 26.4 Å². The van der Waals surface area contributed by atoms with E-state index in [1.165, 1.54) is 12.1 Å². The van der Waals surface area contributed by atoms with Crippen LogP contribution < -0.4 is 19.5 Å². The number of carbonyl (C=O) groups is 1. The molecule has 0 fully saturated rings. The number of nitrogens with zero attached hydrogens (tertiary/aromatic N) is 1. The van der Waals surface area contributed by atoms with Gasteiger partial charge in [-0.05, 0) is 30.2 Å². The number of amides is 1. The van der Waals surface area contributed by atoms with E-state index >= 15 is 0 Å². The molecule has 0 spiro atoms. The van der Waals surface area contributed by atoms with Crippen molar-refractivity contribution < 1.29 is 23.9 Å². The second-order valence-corrected chi connectivity index (χ2v) is 5.59. The van der Waals surface area contributed by atoms with E-state index in [4.69, 9.17) is 14.2 Å². The van der Waals surface area contributed by atoms with Crippen LogP contribution in [0.3, 0.4) is 0 Å². The van der Waals surface area contributed by atoms with Crippen LogP contribution in [-0.4, -0.2) is 37.2 Å². The first-order valence-corrected chi connectivity index (χ1v) is 8.15. The highest BCUT2D eigenvalue weighted by Crippen LogP contribution is 2.30. The Hall–Kier alpha value is -3.29. The van der Waals surface area contributed by atoms with Crippen molar-refractivity contribution in [2.45, 2.75) is 6.42 Å². The van der Waals surface area contributed by atoms with E-state index in [1.54, 1.807) is 12.1 Å². The minimum Gasteiger partial charge on any atom is -0.486 e. The minimum absolute atomic E-state index is 0.0690. The standard InChI is InChI=1S/C18H18N2O6/c21-18(12-26-15-4-2-1-3-14(15)20(22)23)19-8-7-13-5-6-16-17(11-13)25-10-9-24-16/h1-6,11H,7-10,12H2,(H,19,21). The Bertz CT molecular complexity index is 808. The molecule has 0 bridgehead atoms. The fourth-order valence-electron chi connectivity index (χ4n) is 2.51. The number of nitro groups is 1. The highest BCUT2D eigenvalue weighted by atomic mass is 16.6. The van der Waals surface area contributed by atoms with Gasteiger partial charge in [-0.15, -0.1) is 0 Å². The van der Waals surface area contributed by atoms with Gasteiger partial charge in [-0.25, -0.2) is 0 Å².